The molecule has 134 valence electrons. The highest BCUT2D eigenvalue weighted by molar-refractivity contribution is 7.17. The molecule has 0 fully saturated rings. The maximum atomic E-state index is 12.5. The van der Waals surface area contributed by atoms with Crippen LogP contribution in [-0.2, 0) is 0 Å². The number of furan rings is 1. The Bertz CT molecular complexity index is 898. The summed E-state index contributed by atoms with van der Waals surface area (Å²) in [6.07, 6.45) is 4.06. The number of carbonyl (C=O) groups excluding carboxylic acids is 1. The van der Waals surface area contributed by atoms with E-state index in [9.17, 15) is 4.79 Å². The first-order chi connectivity index (χ1) is 12.7. The number of rotatable bonds is 8. The zero-order chi connectivity index (χ0) is 18.4. The molecule has 5 nitrogen and oxygen atoms in total. The molecule has 1 aromatic carbocycles. The summed E-state index contributed by atoms with van der Waals surface area (Å²) in [4.78, 5) is 21.9. The van der Waals surface area contributed by atoms with Crippen LogP contribution in [0.3, 0.4) is 0 Å². The van der Waals surface area contributed by atoms with Crippen molar-refractivity contribution in [2.24, 2.45) is 4.99 Å². The molecule has 3 rings (SSSR count). The lowest BCUT2D eigenvalue weighted by Gasteiger charge is -2.08. The molecule has 0 aliphatic carbocycles. The Kier molecular flexibility index (Phi) is 5.96. The van der Waals surface area contributed by atoms with Gasteiger partial charge in [0.15, 0.2) is 5.78 Å². The number of para-hydroxylation sites is 1. The van der Waals surface area contributed by atoms with Crippen molar-refractivity contribution in [1.29, 1.82) is 0 Å². The van der Waals surface area contributed by atoms with E-state index in [4.69, 9.17) is 9.15 Å². The summed E-state index contributed by atoms with van der Waals surface area (Å²) in [6, 6.07) is 11.3. The van der Waals surface area contributed by atoms with Crippen LogP contribution < -0.4 is 4.74 Å². The number of hydrogen-bond donors (Lipinski definition) is 0. The Morgan fingerprint density at radius 2 is 2.15 bits per heavy atom. The summed E-state index contributed by atoms with van der Waals surface area (Å²) < 4.78 is 11.0. The van der Waals surface area contributed by atoms with Crippen molar-refractivity contribution in [2.45, 2.75) is 20.3 Å². The number of benzene rings is 1. The van der Waals surface area contributed by atoms with Crippen molar-refractivity contribution >= 4 is 23.3 Å². The predicted molar refractivity (Wildman–Crippen MR) is 104 cm³/mol. The van der Waals surface area contributed by atoms with E-state index in [2.05, 4.69) is 16.9 Å². The molecule has 0 saturated heterocycles. The second-order valence-electron chi connectivity index (χ2n) is 5.69. The Hall–Kier alpha value is -2.73. The third kappa shape index (κ3) is 4.26. The molecule has 0 bridgehead atoms. The second kappa shape index (κ2) is 8.58. The van der Waals surface area contributed by atoms with E-state index in [1.807, 2.05) is 31.2 Å². The average Bonchev–Trinajstić information content (AvgIpc) is 3.30. The summed E-state index contributed by atoms with van der Waals surface area (Å²) in [6.45, 7) is 4.63. The first kappa shape index (κ1) is 18.1. The van der Waals surface area contributed by atoms with Crippen molar-refractivity contribution < 1.29 is 13.9 Å². The van der Waals surface area contributed by atoms with Gasteiger partial charge in [0.1, 0.15) is 23.1 Å². The van der Waals surface area contributed by atoms with Crippen LogP contribution >= 0.6 is 11.3 Å². The van der Waals surface area contributed by atoms with Gasteiger partial charge in [0.25, 0.3) is 0 Å². The molecular formula is C20H20N2O3S. The summed E-state index contributed by atoms with van der Waals surface area (Å²) in [7, 11) is 0. The minimum Gasteiger partial charge on any atom is -0.493 e. The number of Topliss-reactive ketones (excluding diaryl/α,β-unsaturated/α-hetero) is 1. The SMILES string of the molecule is CCCOc1ccccc1-c1nc(C)c(C(=O)CN=Cc2ccco2)s1. The van der Waals surface area contributed by atoms with Gasteiger partial charge in [0.05, 0.1) is 35.2 Å². The molecule has 6 heteroatoms. The van der Waals surface area contributed by atoms with E-state index >= 15 is 0 Å². The highest BCUT2D eigenvalue weighted by Gasteiger charge is 2.17. The van der Waals surface area contributed by atoms with Gasteiger partial charge < -0.3 is 9.15 Å². The van der Waals surface area contributed by atoms with E-state index in [0.29, 0.717) is 22.9 Å². The molecule has 0 aliphatic rings. The Balaban J connectivity index is 1.78. The molecule has 0 unspecified atom stereocenters. The molecule has 0 aliphatic heterocycles. The fourth-order valence-electron chi connectivity index (χ4n) is 2.41. The number of nitrogens with zero attached hydrogens (tertiary/aromatic N) is 2. The van der Waals surface area contributed by atoms with Crippen LogP contribution in [0.2, 0.25) is 0 Å². The first-order valence-corrected chi connectivity index (χ1v) is 9.27. The zero-order valence-electron chi connectivity index (χ0n) is 14.8. The van der Waals surface area contributed by atoms with Gasteiger partial charge in [0.2, 0.25) is 0 Å². The monoisotopic (exact) mass is 368 g/mol. The van der Waals surface area contributed by atoms with Gasteiger partial charge in [-0.25, -0.2) is 4.98 Å². The maximum absolute atomic E-state index is 12.5. The fourth-order valence-corrected chi connectivity index (χ4v) is 3.43. The van der Waals surface area contributed by atoms with Gasteiger partial charge in [0, 0.05) is 0 Å². The highest BCUT2D eigenvalue weighted by atomic mass is 32.1. The number of aryl methyl sites for hydroxylation is 1. The third-order valence-electron chi connectivity index (χ3n) is 3.63. The Morgan fingerprint density at radius 1 is 1.31 bits per heavy atom. The number of ether oxygens (including phenoxy) is 1. The van der Waals surface area contributed by atoms with Crippen molar-refractivity contribution in [2.75, 3.05) is 13.2 Å². The van der Waals surface area contributed by atoms with Gasteiger partial charge in [-0.3, -0.25) is 9.79 Å². The van der Waals surface area contributed by atoms with Crippen LogP contribution in [0.4, 0.5) is 0 Å². The van der Waals surface area contributed by atoms with Gasteiger partial charge in [-0.05, 0) is 37.6 Å². The number of aromatic nitrogens is 1. The second-order valence-corrected chi connectivity index (χ2v) is 6.69. The van der Waals surface area contributed by atoms with Crippen LogP contribution in [0.1, 0.15) is 34.5 Å². The molecule has 0 atom stereocenters. The standard InChI is InChI=1S/C20H20N2O3S/c1-3-10-25-18-9-5-4-8-16(18)20-22-14(2)19(26-20)17(23)13-21-12-15-7-6-11-24-15/h4-9,11-12H,3,10,13H2,1-2H3. The Labute approximate surface area is 156 Å². The molecule has 0 radical (unpaired) electrons. The molecule has 0 saturated carbocycles. The van der Waals surface area contributed by atoms with E-state index in [-0.39, 0.29) is 12.3 Å². The lowest BCUT2D eigenvalue weighted by molar-refractivity contribution is 0.100. The summed E-state index contributed by atoms with van der Waals surface area (Å²) in [5.41, 5.74) is 1.63. The molecule has 2 heterocycles. The van der Waals surface area contributed by atoms with E-state index in [0.717, 1.165) is 22.7 Å². The highest BCUT2D eigenvalue weighted by Crippen LogP contribution is 2.34. The minimum absolute atomic E-state index is 0.0546. The van der Waals surface area contributed by atoms with Crippen LogP contribution in [0.5, 0.6) is 5.75 Å². The molecule has 0 amide bonds. The normalized spacial score (nSPS) is 11.2. The molecular weight excluding hydrogens is 348 g/mol. The number of thiazole rings is 1. The largest absolute Gasteiger partial charge is 0.493 e. The van der Waals surface area contributed by atoms with Crippen molar-refractivity contribution in [3.05, 3.63) is 59.0 Å². The molecule has 26 heavy (non-hydrogen) atoms. The lowest BCUT2D eigenvalue weighted by atomic mass is 10.2. The van der Waals surface area contributed by atoms with Crippen LogP contribution in [0, 0.1) is 6.92 Å². The average molecular weight is 368 g/mol. The van der Waals surface area contributed by atoms with Gasteiger partial charge in [-0.15, -0.1) is 11.3 Å². The smallest absolute Gasteiger partial charge is 0.196 e. The zero-order valence-corrected chi connectivity index (χ0v) is 15.6. The van der Waals surface area contributed by atoms with Crippen molar-refractivity contribution in [1.82, 2.24) is 4.98 Å². The van der Waals surface area contributed by atoms with Crippen LogP contribution in [-0.4, -0.2) is 30.1 Å². The summed E-state index contributed by atoms with van der Waals surface area (Å²) in [5, 5.41) is 0.785. The van der Waals surface area contributed by atoms with Gasteiger partial charge in [-0.2, -0.15) is 0 Å². The van der Waals surface area contributed by atoms with Crippen LogP contribution in [0.15, 0.2) is 52.1 Å². The fraction of sp³-hybridized carbons (Fsp3) is 0.250. The predicted octanol–water partition coefficient (Wildman–Crippen LogP) is 4.80. The summed E-state index contributed by atoms with van der Waals surface area (Å²) in [5.74, 6) is 1.36. The van der Waals surface area contributed by atoms with E-state index < -0.39 is 0 Å². The van der Waals surface area contributed by atoms with Gasteiger partial charge in [-0.1, -0.05) is 19.1 Å². The van der Waals surface area contributed by atoms with Crippen molar-refractivity contribution in [3.63, 3.8) is 0 Å². The number of aliphatic imine (C=N–C) groups is 1. The van der Waals surface area contributed by atoms with E-state index in [1.165, 1.54) is 11.3 Å². The third-order valence-corrected chi connectivity index (χ3v) is 4.86. The number of ketones is 1. The Morgan fingerprint density at radius 3 is 2.92 bits per heavy atom. The van der Waals surface area contributed by atoms with Gasteiger partial charge >= 0.3 is 0 Å². The van der Waals surface area contributed by atoms with E-state index in [1.54, 1.807) is 24.6 Å². The minimum atomic E-state index is -0.0546. The molecule has 3 aromatic rings. The number of carbonyl (C=O) groups is 1. The quantitative estimate of drug-likeness (QED) is 0.423. The molecule has 2 aromatic heterocycles. The lowest BCUT2D eigenvalue weighted by Crippen LogP contribution is -2.03. The maximum Gasteiger partial charge on any atom is 0.196 e. The van der Waals surface area contributed by atoms with Crippen molar-refractivity contribution in [3.8, 4) is 16.3 Å². The molecule has 0 spiro atoms. The number of hydrogen-bond acceptors (Lipinski definition) is 6. The topological polar surface area (TPSA) is 64.7 Å². The first-order valence-electron chi connectivity index (χ1n) is 8.45. The van der Waals surface area contributed by atoms with Crippen LogP contribution in [0.25, 0.3) is 10.6 Å². The summed E-state index contributed by atoms with van der Waals surface area (Å²) >= 11 is 1.38. The molecule has 0 N–H and O–H groups in total.